The molecule has 3 aromatic carbocycles. The van der Waals surface area contributed by atoms with E-state index in [-0.39, 0.29) is 17.3 Å². The van der Waals surface area contributed by atoms with Crippen LogP contribution >= 0.6 is 0 Å². The summed E-state index contributed by atoms with van der Waals surface area (Å²) in [5, 5.41) is 3.64. The topological polar surface area (TPSA) is 59.1 Å². The average Bonchev–Trinajstić information content (AvgIpc) is 2.88. The van der Waals surface area contributed by atoms with Gasteiger partial charge in [-0.3, -0.25) is 14.6 Å². The highest BCUT2D eigenvalue weighted by molar-refractivity contribution is 6.02. The molecule has 1 heterocycles. The van der Waals surface area contributed by atoms with Crippen LogP contribution in [-0.2, 0) is 6.42 Å². The minimum atomic E-state index is -0.560. The molecule has 1 amide bonds. The molecular weight excluding hydrogens is 463 g/mol. The summed E-state index contributed by atoms with van der Waals surface area (Å²) in [5.41, 5.74) is 4.94. The number of Topliss-reactive ketones (excluding diaryl/α,β-unsaturated/α-hetero) is 1. The van der Waals surface area contributed by atoms with Crippen molar-refractivity contribution in [3.63, 3.8) is 0 Å². The Kier molecular flexibility index (Phi) is 8.44. The van der Waals surface area contributed by atoms with Gasteiger partial charge in [-0.1, -0.05) is 69.7 Å². The zero-order valence-corrected chi connectivity index (χ0v) is 21.7. The van der Waals surface area contributed by atoms with Crippen LogP contribution in [0.25, 0.3) is 22.0 Å². The number of hydrogen-bond acceptors (Lipinski definition) is 3. The summed E-state index contributed by atoms with van der Waals surface area (Å²) in [6.45, 7) is 6.62. The molecule has 0 fully saturated rings. The van der Waals surface area contributed by atoms with Gasteiger partial charge in [0.05, 0.1) is 11.1 Å². The Morgan fingerprint density at radius 3 is 2.38 bits per heavy atom. The third-order valence-corrected chi connectivity index (χ3v) is 6.46. The van der Waals surface area contributed by atoms with Crippen molar-refractivity contribution in [2.45, 2.75) is 46.5 Å². The first kappa shape index (κ1) is 26.2. The van der Waals surface area contributed by atoms with Crippen LogP contribution in [0.15, 0.2) is 72.9 Å². The first-order chi connectivity index (χ1) is 17.9. The van der Waals surface area contributed by atoms with Crippen molar-refractivity contribution >= 4 is 22.6 Å². The van der Waals surface area contributed by atoms with Crippen LogP contribution in [0.3, 0.4) is 0 Å². The molecule has 0 aliphatic rings. The van der Waals surface area contributed by atoms with E-state index in [0.29, 0.717) is 30.5 Å². The van der Waals surface area contributed by atoms with E-state index >= 15 is 0 Å². The number of aromatic nitrogens is 1. The molecular formula is C32H33FN2O2. The smallest absolute Gasteiger partial charge is 0.254 e. The molecule has 0 aliphatic carbocycles. The minimum absolute atomic E-state index is 0.0358. The number of fused-ring (bicyclic) bond motifs is 1. The fourth-order valence-corrected chi connectivity index (χ4v) is 4.49. The number of nitrogens with zero attached hydrogens (tertiary/aromatic N) is 1. The van der Waals surface area contributed by atoms with Crippen molar-refractivity contribution in [3.8, 4) is 11.1 Å². The van der Waals surface area contributed by atoms with E-state index in [4.69, 9.17) is 0 Å². The van der Waals surface area contributed by atoms with Gasteiger partial charge in [0.15, 0.2) is 5.78 Å². The maximum Gasteiger partial charge on any atom is 0.254 e. The van der Waals surface area contributed by atoms with Crippen molar-refractivity contribution in [1.29, 1.82) is 0 Å². The summed E-state index contributed by atoms with van der Waals surface area (Å²) in [7, 11) is 0. The fourth-order valence-electron chi connectivity index (χ4n) is 4.49. The van der Waals surface area contributed by atoms with E-state index in [1.54, 1.807) is 12.3 Å². The Morgan fingerprint density at radius 1 is 0.946 bits per heavy atom. The Balaban J connectivity index is 1.76. The van der Waals surface area contributed by atoms with Gasteiger partial charge < -0.3 is 5.32 Å². The summed E-state index contributed by atoms with van der Waals surface area (Å²) >= 11 is 0. The third kappa shape index (κ3) is 6.29. The van der Waals surface area contributed by atoms with Gasteiger partial charge in [0.25, 0.3) is 5.91 Å². The van der Waals surface area contributed by atoms with Crippen molar-refractivity contribution < 1.29 is 14.0 Å². The molecule has 37 heavy (non-hydrogen) atoms. The molecule has 0 spiro atoms. The van der Waals surface area contributed by atoms with Gasteiger partial charge in [-0.2, -0.15) is 0 Å². The highest BCUT2D eigenvalue weighted by Crippen LogP contribution is 2.30. The lowest BCUT2D eigenvalue weighted by Crippen LogP contribution is -2.25. The molecule has 0 aliphatic heterocycles. The van der Waals surface area contributed by atoms with Gasteiger partial charge in [-0.05, 0) is 65.3 Å². The van der Waals surface area contributed by atoms with Crippen molar-refractivity contribution in [3.05, 3.63) is 101 Å². The zero-order valence-electron chi connectivity index (χ0n) is 21.7. The second-order valence-corrected chi connectivity index (χ2v) is 9.87. The molecule has 4 rings (SSSR count). The van der Waals surface area contributed by atoms with Crippen LogP contribution in [0.2, 0.25) is 0 Å². The van der Waals surface area contributed by atoms with E-state index in [9.17, 15) is 14.0 Å². The molecule has 0 saturated heterocycles. The van der Waals surface area contributed by atoms with Crippen LogP contribution in [0, 0.1) is 11.7 Å². The van der Waals surface area contributed by atoms with E-state index in [1.807, 2.05) is 69.3 Å². The molecule has 4 aromatic rings. The number of hydrogen-bond donors (Lipinski definition) is 1. The van der Waals surface area contributed by atoms with Gasteiger partial charge in [0, 0.05) is 30.1 Å². The second-order valence-electron chi connectivity index (χ2n) is 9.87. The number of benzene rings is 3. The monoisotopic (exact) mass is 496 g/mol. The van der Waals surface area contributed by atoms with E-state index in [1.165, 1.54) is 12.1 Å². The second kappa shape index (κ2) is 11.9. The number of rotatable bonds is 10. The summed E-state index contributed by atoms with van der Waals surface area (Å²) < 4.78 is 14.9. The van der Waals surface area contributed by atoms with Crippen LogP contribution < -0.4 is 5.32 Å². The summed E-state index contributed by atoms with van der Waals surface area (Å²) in [6.07, 6.45) is 4.53. The molecule has 1 N–H and O–H groups in total. The van der Waals surface area contributed by atoms with Gasteiger partial charge in [-0.25, -0.2) is 4.39 Å². The van der Waals surface area contributed by atoms with E-state index < -0.39 is 11.7 Å². The lowest BCUT2D eigenvalue weighted by Gasteiger charge is -2.15. The lowest BCUT2D eigenvalue weighted by atomic mass is 9.90. The van der Waals surface area contributed by atoms with Gasteiger partial charge in [0.2, 0.25) is 0 Å². The standard InChI is InChI=1S/C32H33FN2O2/c1-4-5-15-34-32(37)25-13-11-24(19-29(25)33)23-12-14-30-27(18-23)26(17-22-9-7-6-8-10-22)28(20-35-30)31(36)16-21(2)3/h6-14,18-21H,4-5,15-17H2,1-3H3,(H,34,37). The number of unbranched alkanes of at least 4 members (excludes halogenated alkanes) is 1. The van der Waals surface area contributed by atoms with Crippen molar-refractivity contribution in [2.75, 3.05) is 6.54 Å². The van der Waals surface area contributed by atoms with Crippen LogP contribution in [0.4, 0.5) is 4.39 Å². The number of halogens is 1. The third-order valence-electron chi connectivity index (χ3n) is 6.46. The van der Waals surface area contributed by atoms with Gasteiger partial charge >= 0.3 is 0 Å². The number of pyridine rings is 1. The predicted octanol–water partition coefficient (Wildman–Crippen LogP) is 7.39. The number of ketones is 1. The molecule has 1 aromatic heterocycles. The van der Waals surface area contributed by atoms with Crippen LogP contribution in [-0.4, -0.2) is 23.2 Å². The van der Waals surface area contributed by atoms with E-state index in [2.05, 4.69) is 10.3 Å². The van der Waals surface area contributed by atoms with Crippen LogP contribution in [0.1, 0.15) is 71.9 Å². The highest BCUT2D eigenvalue weighted by atomic mass is 19.1. The van der Waals surface area contributed by atoms with Crippen LogP contribution in [0.5, 0.6) is 0 Å². The van der Waals surface area contributed by atoms with Crippen molar-refractivity contribution in [1.82, 2.24) is 10.3 Å². The maximum atomic E-state index is 14.9. The number of carbonyl (C=O) groups is 2. The van der Waals surface area contributed by atoms with E-state index in [0.717, 1.165) is 40.4 Å². The largest absolute Gasteiger partial charge is 0.352 e. The molecule has 0 saturated carbocycles. The zero-order chi connectivity index (χ0) is 26.4. The number of nitrogens with one attached hydrogen (secondary N) is 1. The Labute approximate surface area is 217 Å². The summed E-state index contributed by atoms with van der Waals surface area (Å²) in [6, 6.07) is 20.5. The Bertz CT molecular complexity index is 1410. The highest BCUT2D eigenvalue weighted by Gasteiger charge is 2.18. The molecule has 0 unspecified atom stereocenters. The number of carbonyl (C=O) groups excluding carboxylic acids is 2. The molecule has 0 atom stereocenters. The molecule has 0 radical (unpaired) electrons. The molecule has 0 bridgehead atoms. The summed E-state index contributed by atoms with van der Waals surface area (Å²) in [5.74, 6) is -0.654. The minimum Gasteiger partial charge on any atom is -0.352 e. The summed E-state index contributed by atoms with van der Waals surface area (Å²) in [4.78, 5) is 30.1. The molecule has 190 valence electrons. The normalized spacial score (nSPS) is 11.2. The quantitative estimate of drug-likeness (QED) is 0.184. The maximum absolute atomic E-state index is 14.9. The lowest BCUT2D eigenvalue weighted by molar-refractivity contribution is 0.0945. The predicted molar refractivity (Wildman–Crippen MR) is 147 cm³/mol. The average molecular weight is 497 g/mol. The SMILES string of the molecule is CCCCNC(=O)c1ccc(-c2ccc3ncc(C(=O)CC(C)C)c(Cc4ccccc4)c3c2)cc1F. The molecule has 4 nitrogen and oxygen atoms in total. The Morgan fingerprint density at radius 2 is 1.68 bits per heavy atom. The molecule has 5 heteroatoms. The number of amides is 1. The first-order valence-electron chi connectivity index (χ1n) is 12.9. The fraction of sp³-hybridized carbons (Fsp3) is 0.281. The Hall–Kier alpha value is -3.86. The van der Waals surface area contributed by atoms with Crippen molar-refractivity contribution in [2.24, 2.45) is 5.92 Å². The van der Waals surface area contributed by atoms with Gasteiger partial charge in [-0.15, -0.1) is 0 Å². The first-order valence-corrected chi connectivity index (χ1v) is 12.9. The van der Waals surface area contributed by atoms with Gasteiger partial charge in [0.1, 0.15) is 5.82 Å².